The van der Waals surface area contributed by atoms with Gasteiger partial charge in [-0.25, -0.2) is 4.79 Å². The summed E-state index contributed by atoms with van der Waals surface area (Å²) >= 11 is 0. The van der Waals surface area contributed by atoms with Crippen LogP contribution in [0.15, 0.2) is 24.3 Å². The molecule has 4 nitrogen and oxygen atoms in total. The smallest absolute Gasteiger partial charge is 0.471 e. The first-order chi connectivity index (χ1) is 9.91. The molecule has 0 spiro atoms. The highest BCUT2D eigenvalue weighted by Crippen LogP contribution is 2.29. The van der Waals surface area contributed by atoms with Crippen molar-refractivity contribution in [3.8, 4) is 0 Å². The van der Waals surface area contributed by atoms with Gasteiger partial charge in [0.15, 0.2) is 0 Å². The predicted octanol–water partition coefficient (Wildman–Crippen LogP) is 2.38. The molecule has 1 amide bonds. The van der Waals surface area contributed by atoms with Crippen LogP contribution in [0.5, 0.6) is 0 Å². The average Bonchev–Trinajstić information content (AvgIpc) is 2.36. The van der Waals surface area contributed by atoms with Crippen LogP contribution in [0.4, 0.5) is 26.3 Å². The minimum absolute atomic E-state index is 0.0304. The summed E-state index contributed by atoms with van der Waals surface area (Å²) in [5.41, 5.74) is -0.953. The number of carboxylic acids is 1. The maximum atomic E-state index is 12.3. The van der Waals surface area contributed by atoms with Crippen LogP contribution in [-0.4, -0.2) is 29.2 Å². The van der Waals surface area contributed by atoms with Crippen molar-refractivity contribution in [3.05, 3.63) is 35.4 Å². The van der Waals surface area contributed by atoms with Crippen molar-refractivity contribution in [3.63, 3.8) is 0 Å². The van der Waals surface area contributed by atoms with Crippen LogP contribution >= 0.6 is 0 Å². The molecule has 0 heterocycles. The average molecular weight is 329 g/mol. The maximum absolute atomic E-state index is 12.3. The van der Waals surface area contributed by atoms with Gasteiger partial charge in [0.1, 0.15) is 6.04 Å². The van der Waals surface area contributed by atoms with Crippen LogP contribution in [0.3, 0.4) is 0 Å². The van der Waals surface area contributed by atoms with Gasteiger partial charge in [0.2, 0.25) is 0 Å². The Morgan fingerprint density at radius 2 is 1.55 bits per heavy atom. The van der Waals surface area contributed by atoms with E-state index in [4.69, 9.17) is 5.11 Å². The summed E-state index contributed by atoms with van der Waals surface area (Å²) in [4.78, 5) is 21.5. The molecule has 0 aliphatic carbocycles. The van der Waals surface area contributed by atoms with Crippen LogP contribution < -0.4 is 5.32 Å². The van der Waals surface area contributed by atoms with Gasteiger partial charge in [0.25, 0.3) is 0 Å². The number of carbonyl (C=O) groups excluding carboxylic acids is 1. The predicted molar refractivity (Wildman–Crippen MR) is 60.8 cm³/mol. The molecule has 1 aromatic rings. The molecule has 0 aliphatic heterocycles. The van der Waals surface area contributed by atoms with E-state index in [1.54, 1.807) is 0 Å². The summed E-state index contributed by atoms with van der Waals surface area (Å²) in [6, 6.07) is 1.28. The Hall–Kier alpha value is -2.26. The van der Waals surface area contributed by atoms with Crippen LogP contribution in [0, 0.1) is 0 Å². The van der Waals surface area contributed by atoms with Gasteiger partial charge >= 0.3 is 24.2 Å². The molecule has 0 aliphatic rings. The molecule has 0 saturated carbocycles. The number of amides is 1. The monoisotopic (exact) mass is 329 g/mol. The van der Waals surface area contributed by atoms with E-state index in [9.17, 15) is 35.9 Å². The molecule has 0 fully saturated rings. The number of rotatable bonds is 4. The SMILES string of the molecule is O=C(O)[C@H](Cc1ccc(C(F)(F)F)cc1)NC(=O)C(F)(F)F. The molecule has 0 aromatic heterocycles. The van der Waals surface area contributed by atoms with Gasteiger partial charge in [-0.05, 0) is 17.7 Å². The van der Waals surface area contributed by atoms with E-state index >= 15 is 0 Å². The van der Waals surface area contributed by atoms with Crippen molar-refractivity contribution >= 4 is 11.9 Å². The largest absolute Gasteiger partial charge is 0.480 e. The normalized spacial score (nSPS) is 13.5. The third-order valence-corrected chi connectivity index (χ3v) is 2.58. The molecule has 0 radical (unpaired) electrons. The summed E-state index contributed by atoms with van der Waals surface area (Å²) in [5.74, 6) is -4.18. The van der Waals surface area contributed by atoms with Gasteiger partial charge in [0, 0.05) is 6.42 Å². The van der Waals surface area contributed by atoms with E-state index in [0.29, 0.717) is 12.1 Å². The quantitative estimate of drug-likeness (QED) is 0.834. The molecular formula is C12H9F6NO3. The van der Waals surface area contributed by atoms with Gasteiger partial charge in [-0.1, -0.05) is 12.1 Å². The van der Waals surface area contributed by atoms with Crippen molar-refractivity contribution in [1.29, 1.82) is 0 Å². The Morgan fingerprint density at radius 3 is 1.91 bits per heavy atom. The molecule has 10 heteroatoms. The molecule has 22 heavy (non-hydrogen) atoms. The summed E-state index contributed by atoms with van der Waals surface area (Å²) in [6.45, 7) is 0. The Labute approximate surface area is 119 Å². The van der Waals surface area contributed by atoms with Crippen molar-refractivity contribution in [2.24, 2.45) is 0 Å². The first-order valence-electron chi connectivity index (χ1n) is 5.68. The van der Waals surface area contributed by atoms with Crippen molar-refractivity contribution < 1.29 is 41.0 Å². The van der Waals surface area contributed by atoms with Crippen molar-refractivity contribution in [2.75, 3.05) is 0 Å². The zero-order valence-electron chi connectivity index (χ0n) is 10.6. The zero-order chi connectivity index (χ0) is 17.1. The van der Waals surface area contributed by atoms with E-state index in [1.165, 1.54) is 5.32 Å². The number of hydrogen-bond acceptors (Lipinski definition) is 2. The highest BCUT2D eigenvalue weighted by Gasteiger charge is 2.40. The summed E-state index contributed by atoms with van der Waals surface area (Å²) in [5, 5.41) is 10.0. The highest BCUT2D eigenvalue weighted by molar-refractivity contribution is 5.87. The molecule has 0 unspecified atom stereocenters. The van der Waals surface area contributed by atoms with Crippen molar-refractivity contribution in [1.82, 2.24) is 5.32 Å². The molecular weight excluding hydrogens is 320 g/mol. The van der Waals surface area contributed by atoms with Crippen LogP contribution in [0.25, 0.3) is 0 Å². The number of nitrogens with one attached hydrogen (secondary N) is 1. The second kappa shape index (κ2) is 6.24. The minimum Gasteiger partial charge on any atom is -0.480 e. The second-order valence-corrected chi connectivity index (χ2v) is 4.26. The Morgan fingerprint density at radius 1 is 1.05 bits per heavy atom. The summed E-state index contributed by atoms with van der Waals surface area (Å²) in [6.07, 6.45) is -10.4. The topological polar surface area (TPSA) is 66.4 Å². The number of benzene rings is 1. The minimum atomic E-state index is -5.26. The molecule has 0 bridgehead atoms. The Bertz CT molecular complexity index is 549. The highest BCUT2D eigenvalue weighted by atomic mass is 19.4. The van der Waals surface area contributed by atoms with Gasteiger partial charge in [-0.15, -0.1) is 0 Å². The zero-order valence-corrected chi connectivity index (χ0v) is 10.6. The van der Waals surface area contributed by atoms with Gasteiger partial charge in [-0.3, -0.25) is 4.79 Å². The maximum Gasteiger partial charge on any atom is 0.471 e. The van der Waals surface area contributed by atoms with Gasteiger partial charge in [0.05, 0.1) is 5.56 Å². The van der Waals surface area contributed by atoms with Gasteiger partial charge < -0.3 is 10.4 Å². The van der Waals surface area contributed by atoms with Crippen molar-refractivity contribution in [2.45, 2.75) is 24.8 Å². The summed E-state index contributed by atoms with van der Waals surface area (Å²) in [7, 11) is 0. The lowest BCUT2D eigenvalue weighted by Gasteiger charge is -2.16. The van der Waals surface area contributed by atoms with Crippen LogP contribution in [-0.2, 0) is 22.2 Å². The number of carbonyl (C=O) groups is 2. The number of hydrogen-bond donors (Lipinski definition) is 2. The third kappa shape index (κ3) is 4.93. The Kier molecular flexibility index (Phi) is 5.05. The molecule has 1 aromatic carbocycles. The lowest BCUT2D eigenvalue weighted by molar-refractivity contribution is -0.175. The van der Waals surface area contributed by atoms with Crippen LogP contribution in [0.1, 0.15) is 11.1 Å². The fourth-order valence-corrected chi connectivity index (χ4v) is 1.51. The third-order valence-electron chi connectivity index (χ3n) is 2.58. The lowest BCUT2D eigenvalue weighted by Crippen LogP contribution is -2.47. The van der Waals surface area contributed by atoms with E-state index in [2.05, 4.69) is 0 Å². The second-order valence-electron chi connectivity index (χ2n) is 4.26. The first-order valence-corrected chi connectivity index (χ1v) is 5.68. The molecule has 1 atom stereocenters. The molecule has 0 saturated heterocycles. The fraction of sp³-hybridized carbons (Fsp3) is 0.333. The number of alkyl halides is 6. The van der Waals surface area contributed by atoms with E-state index in [-0.39, 0.29) is 5.56 Å². The molecule has 122 valence electrons. The standard InChI is InChI=1S/C12H9F6NO3/c13-11(14,15)7-3-1-6(2-4-7)5-8(9(20)21)19-10(22)12(16,17)18/h1-4,8H,5H2,(H,19,22)(H,20,21)/t8-/m0/s1. The number of halogens is 6. The van der Waals surface area contributed by atoms with Crippen LogP contribution in [0.2, 0.25) is 0 Å². The molecule has 2 N–H and O–H groups in total. The number of aliphatic carboxylic acids is 1. The fourth-order valence-electron chi connectivity index (χ4n) is 1.51. The first kappa shape index (κ1) is 17.8. The van der Waals surface area contributed by atoms with E-state index in [0.717, 1.165) is 12.1 Å². The lowest BCUT2D eigenvalue weighted by atomic mass is 10.0. The Balaban J connectivity index is 2.84. The van der Waals surface area contributed by atoms with Gasteiger partial charge in [-0.2, -0.15) is 26.3 Å². The van der Waals surface area contributed by atoms with E-state index in [1.807, 2.05) is 0 Å². The molecule has 1 rings (SSSR count). The number of carboxylic acid groups (broad SMARTS) is 1. The van der Waals surface area contributed by atoms with E-state index < -0.39 is 42.3 Å². The summed E-state index contributed by atoms with van der Waals surface area (Å²) < 4.78 is 73.2.